The van der Waals surface area contributed by atoms with Crippen molar-refractivity contribution < 1.29 is 13.2 Å². The van der Waals surface area contributed by atoms with E-state index < -0.39 is 10.0 Å². The van der Waals surface area contributed by atoms with Crippen molar-refractivity contribution in [2.45, 2.75) is 25.3 Å². The van der Waals surface area contributed by atoms with Crippen molar-refractivity contribution in [3.8, 4) is 0 Å². The number of benzene rings is 2. The van der Waals surface area contributed by atoms with Crippen LogP contribution in [0.4, 0.5) is 5.69 Å². The number of rotatable bonds is 8. The maximum atomic E-state index is 12.3. The summed E-state index contributed by atoms with van der Waals surface area (Å²) in [6.45, 7) is 6.25. The van der Waals surface area contributed by atoms with Crippen molar-refractivity contribution in [2.24, 2.45) is 0 Å². The molecule has 1 amide bonds. The molecule has 0 heterocycles. The second kappa shape index (κ2) is 8.82. The van der Waals surface area contributed by atoms with Crippen LogP contribution in [-0.2, 0) is 16.6 Å². The van der Waals surface area contributed by atoms with Crippen LogP contribution in [0.5, 0.6) is 0 Å². The molecule has 140 valence electrons. The van der Waals surface area contributed by atoms with Crippen molar-refractivity contribution in [3.63, 3.8) is 0 Å². The lowest BCUT2D eigenvalue weighted by atomic mass is 10.1. The highest BCUT2D eigenvalue weighted by Crippen LogP contribution is 2.15. The average molecular weight is 375 g/mol. The van der Waals surface area contributed by atoms with E-state index >= 15 is 0 Å². The summed E-state index contributed by atoms with van der Waals surface area (Å²) in [6.07, 6.45) is 0. The Hall–Kier alpha value is -2.38. The zero-order valence-electron chi connectivity index (χ0n) is 15.3. The van der Waals surface area contributed by atoms with Crippen LogP contribution in [0.25, 0.3) is 0 Å². The SMILES string of the molecule is CCN(CC)c1ccc(C(=O)NCc2cccc(S(=O)(=O)NC)c2)cc1. The summed E-state index contributed by atoms with van der Waals surface area (Å²) in [5.74, 6) is -0.196. The molecule has 0 fully saturated rings. The number of hydrogen-bond acceptors (Lipinski definition) is 4. The van der Waals surface area contributed by atoms with Crippen LogP contribution in [0, 0.1) is 0 Å². The molecule has 0 unspecified atom stereocenters. The number of amides is 1. The van der Waals surface area contributed by atoms with E-state index in [1.54, 1.807) is 30.3 Å². The highest BCUT2D eigenvalue weighted by Gasteiger charge is 2.12. The minimum absolute atomic E-state index is 0.176. The molecule has 2 N–H and O–H groups in total. The average Bonchev–Trinajstić information content (AvgIpc) is 2.68. The second-order valence-corrected chi connectivity index (χ2v) is 7.64. The van der Waals surface area contributed by atoms with Crippen molar-refractivity contribution in [1.82, 2.24) is 10.0 Å². The molecular formula is C19H25N3O3S. The Kier molecular flexibility index (Phi) is 6.76. The molecule has 0 aliphatic heterocycles. The Morgan fingerprint density at radius 2 is 1.69 bits per heavy atom. The third kappa shape index (κ3) is 4.83. The normalized spacial score (nSPS) is 11.2. The van der Waals surface area contributed by atoms with Crippen LogP contribution in [0.3, 0.4) is 0 Å². The lowest BCUT2D eigenvalue weighted by Gasteiger charge is -2.21. The fraction of sp³-hybridized carbons (Fsp3) is 0.316. The van der Waals surface area contributed by atoms with Gasteiger partial charge in [0, 0.05) is 30.9 Å². The smallest absolute Gasteiger partial charge is 0.251 e. The van der Waals surface area contributed by atoms with Gasteiger partial charge in [0.05, 0.1) is 4.90 Å². The lowest BCUT2D eigenvalue weighted by molar-refractivity contribution is 0.0951. The first-order chi connectivity index (χ1) is 12.4. The second-order valence-electron chi connectivity index (χ2n) is 5.76. The number of nitrogens with one attached hydrogen (secondary N) is 2. The number of hydrogen-bond donors (Lipinski definition) is 2. The highest BCUT2D eigenvalue weighted by atomic mass is 32.2. The standard InChI is InChI=1S/C19H25N3O3S/c1-4-22(5-2)17-11-9-16(10-12-17)19(23)21-14-15-7-6-8-18(13-15)26(24,25)20-3/h6-13,20H,4-5,14H2,1-3H3,(H,21,23). The van der Waals surface area contributed by atoms with Gasteiger partial charge >= 0.3 is 0 Å². The van der Waals surface area contributed by atoms with Gasteiger partial charge in [0.15, 0.2) is 0 Å². The molecule has 0 aromatic heterocycles. The van der Waals surface area contributed by atoms with E-state index in [0.717, 1.165) is 24.3 Å². The molecule has 0 saturated heterocycles. The maximum absolute atomic E-state index is 12.3. The molecule has 0 atom stereocenters. The molecule has 0 radical (unpaired) electrons. The Morgan fingerprint density at radius 3 is 2.27 bits per heavy atom. The van der Waals surface area contributed by atoms with Crippen LogP contribution in [-0.4, -0.2) is 34.5 Å². The van der Waals surface area contributed by atoms with Gasteiger partial charge in [-0.1, -0.05) is 12.1 Å². The largest absolute Gasteiger partial charge is 0.372 e. The zero-order valence-corrected chi connectivity index (χ0v) is 16.1. The fourth-order valence-electron chi connectivity index (χ4n) is 2.64. The molecule has 6 nitrogen and oxygen atoms in total. The van der Waals surface area contributed by atoms with E-state index in [9.17, 15) is 13.2 Å². The predicted molar refractivity (Wildman–Crippen MR) is 104 cm³/mol. The van der Waals surface area contributed by atoms with Crippen molar-refractivity contribution >= 4 is 21.6 Å². The summed E-state index contributed by atoms with van der Waals surface area (Å²) in [6, 6.07) is 14.0. The van der Waals surface area contributed by atoms with Crippen molar-refractivity contribution in [3.05, 3.63) is 59.7 Å². The Labute approximate surface area is 155 Å². The van der Waals surface area contributed by atoms with Gasteiger partial charge in [0.1, 0.15) is 0 Å². The van der Waals surface area contributed by atoms with Gasteiger partial charge in [-0.25, -0.2) is 13.1 Å². The zero-order chi connectivity index (χ0) is 19.2. The molecule has 26 heavy (non-hydrogen) atoms. The number of nitrogens with zero attached hydrogens (tertiary/aromatic N) is 1. The molecule has 2 rings (SSSR count). The van der Waals surface area contributed by atoms with E-state index in [1.807, 2.05) is 12.1 Å². The molecular weight excluding hydrogens is 350 g/mol. The highest BCUT2D eigenvalue weighted by molar-refractivity contribution is 7.89. The van der Waals surface area contributed by atoms with Crippen molar-refractivity contribution in [1.29, 1.82) is 0 Å². The number of carbonyl (C=O) groups is 1. The van der Waals surface area contributed by atoms with E-state index in [1.165, 1.54) is 13.1 Å². The van der Waals surface area contributed by atoms with Gasteiger partial charge in [-0.3, -0.25) is 4.79 Å². The van der Waals surface area contributed by atoms with Crippen LogP contribution in [0.2, 0.25) is 0 Å². The predicted octanol–water partition coefficient (Wildman–Crippen LogP) is 2.37. The first-order valence-electron chi connectivity index (χ1n) is 8.57. The fourth-order valence-corrected chi connectivity index (χ4v) is 3.44. The molecule has 2 aromatic rings. The van der Waals surface area contributed by atoms with E-state index in [-0.39, 0.29) is 17.3 Å². The molecule has 0 aliphatic carbocycles. The van der Waals surface area contributed by atoms with Crippen LogP contribution in [0.1, 0.15) is 29.8 Å². The van der Waals surface area contributed by atoms with Gasteiger partial charge in [-0.15, -0.1) is 0 Å². The van der Waals surface area contributed by atoms with Gasteiger partial charge in [0.25, 0.3) is 5.91 Å². The van der Waals surface area contributed by atoms with Gasteiger partial charge in [-0.2, -0.15) is 0 Å². The summed E-state index contributed by atoms with van der Waals surface area (Å²) < 4.78 is 26.0. The third-order valence-electron chi connectivity index (χ3n) is 4.19. The van der Waals surface area contributed by atoms with Gasteiger partial charge in [0.2, 0.25) is 10.0 Å². The Bertz CT molecular complexity index is 845. The monoisotopic (exact) mass is 375 g/mol. The van der Waals surface area contributed by atoms with E-state index in [4.69, 9.17) is 0 Å². The topological polar surface area (TPSA) is 78.5 Å². The van der Waals surface area contributed by atoms with Gasteiger partial charge in [-0.05, 0) is 62.9 Å². The minimum Gasteiger partial charge on any atom is -0.372 e. The molecule has 0 spiro atoms. The van der Waals surface area contributed by atoms with E-state index in [0.29, 0.717) is 5.56 Å². The first kappa shape index (κ1) is 19.9. The Balaban J connectivity index is 2.04. The van der Waals surface area contributed by atoms with Crippen LogP contribution < -0.4 is 14.9 Å². The molecule has 2 aromatic carbocycles. The van der Waals surface area contributed by atoms with E-state index in [2.05, 4.69) is 28.8 Å². The summed E-state index contributed by atoms with van der Waals surface area (Å²) in [5, 5.41) is 2.82. The van der Waals surface area contributed by atoms with Crippen LogP contribution >= 0.6 is 0 Å². The summed E-state index contributed by atoms with van der Waals surface area (Å²) in [5.41, 5.74) is 2.37. The quantitative estimate of drug-likeness (QED) is 0.742. The summed E-state index contributed by atoms with van der Waals surface area (Å²) in [7, 11) is -2.13. The third-order valence-corrected chi connectivity index (χ3v) is 5.60. The Morgan fingerprint density at radius 1 is 1.04 bits per heavy atom. The summed E-state index contributed by atoms with van der Waals surface area (Å²) >= 11 is 0. The number of carbonyl (C=O) groups excluding carboxylic acids is 1. The molecule has 0 saturated carbocycles. The molecule has 0 aliphatic rings. The minimum atomic E-state index is -3.50. The first-order valence-corrected chi connectivity index (χ1v) is 10.0. The maximum Gasteiger partial charge on any atom is 0.251 e. The van der Waals surface area contributed by atoms with Crippen LogP contribution in [0.15, 0.2) is 53.4 Å². The van der Waals surface area contributed by atoms with Crippen molar-refractivity contribution in [2.75, 3.05) is 25.0 Å². The molecule has 7 heteroatoms. The summed E-state index contributed by atoms with van der Waals surface area (Å²) in [4.78, 5) is 14.7. The van der Waals surface area contributed by atoms with Gasteiger partial charge < -0.3 is 10.2 Å². The number of anilines is 1. The molecule has 0 bridgehead atoms. The lowest BCUT2D eigenvalue weighted by Crippen LogP contribution is -2.24. The number of sulfonamides is 1.